The molecule has 3 aromatic rings. The summed E-state index contributed by atoms with van der Waals surface area (Å²) >= 11 is 1.44. The van der Waals surface area contributed by atoms with E-state index in [2.05, 4.69) is 37.1 Å². The van der Waals surface area contributed by atoms with E-state index < -0.39 is 0 Å². The van der Waals surface area contributed by atoms with Crippen LogP contribution in [-0.2, 0) is 11.3 Å². The van der Waals surface area contributed by atoms with E-state index in [1.165, 1.54) is 31.0 Å². The number of hydrogen-bond donors (Lipinski definition) is 1. The fourth-order valence-electron chi connectivity index (χ4n) is 3.79. The van der Waals surface area contributed by atoms with E-state index in [0.717, 1.165) is 47.6 Å². The molecule has 0 spiro atoms. The van der Waals surface area contributed by atoms with Crippen molar-refractivity contribution in [3.63, 3.8) is 0 Å². The van der Waals surface area contributed by atoms with Crippen LogP contribution in [0.15, 0.2) is 59.8 Å². The molecule has 1 atom stereocenters. The van der Waals surface area contributed by atoms with Crippen LogP contribution in [0.2, 0.25) is 0 Å². The highest BCUT2D eigenvalue weighted by Gasteiger charge is 2.23. The third kappa shape index (κ3) is 5.35. The zero-order chi connectivity index (χ0) is 21.6. The van der Waals surface area contributed by atoms with Gasteiger partial charge in [0.1, 0.15) is 0 Å². The van der Waals surface area contributed by atoms with Crippen molar-refractivity contribution < 1.29 is 4.79 Å². The molecular weight excluding hydrogens is 406 g/mol. The Morgan fingerprint density at radius 2 is 1.74 bits per heavy atom. The Labute approximate surface area is 188 Å². The second kappa shape index (κ2) is 10.1. The number of piperidine rings is 1. The monoisotopic (exact) mass is 435 g/mol. The van der Waals surface area contributed by atoms with Crippen molar-refractivity contribution >= 4 is 23.4 Å². The zero-order valence-corrected chi connectivity index (χ0v) is 18.9. The van der Waals surface area contributed by atoms with Gasteiger partial charge in [-0.25, -0.2) is 0 Å². The topological polar surface area (TPSA) is 63.1 Å². The summed E-state index contributed by atoms with van der Waals surface area (Å²) in [6, 6.07) is 18.0. The average molecular weight is 436 g/mol. The predicted molar refractivity (Wildman–Crippen MR) is 126 cm³/mol. The first kappa shape index (κ1) is 21.6. The van der Waals surface area contributed by atoms with Crippen LogP contribution in [0.1, 0.15) is 37.6 Å². The predicted octanol–water partition coefficient (Wildman–Crippen LogP) is 4.68. The van der Waals surface area contributed by atoms with Crippen molar-refractivity contribution in [1.29, 1.82) is 0 Å². The van der Waals surface area contributed by atoms with Gasteiger partial charge in [-0.05, 0) is 63.5 Å². The third-order valence-electron chi connectivity index (χ3n) is 5.58. The van der Waals surface area contributed by atoms with E-state index in [0.29, 0.717) is 0 Å². The molecule has 162 valence electrons. The number of carbonyl (C=O) groups excluding carboxylic acids is 1. The van der Waals surface area contributed by atoms with Crippen LogP contribution in [-0.4, -0.2) is 43.9 Å². The van der Waals surface area contributed by atoms with Gasteiger partial charge in [0.25, 0.3) is 0 Å². The van der Waals surface area contributed by atoms with Gasteiger partial charge in [0.2, 0.25) is 5.91 Å². The van der Waals surface area contributed by atoms with Crippen LogP contribution in [0, 0.1) is 6.92 Å². The van der Waals surface area contributed by atoms with E-state index in [1.807, 2.05) is 56.3 Å². The maximum absolute atomic E-state index is 12.8. The molecular formula is C24H29N5OS. The summed E-state index contributed by atoms with van der Waals surface area (Å²) in [6.45, 7) is 6.86. The summed E-state index contributed by atoms with van der Waals surface area (Å²) in [5.74, 6) is 0.876. The maximum Gasteiger partial charge on any atom is 0.237 e. The third-order valence-corrected chi connectivity index (χ3v) is 6.63. The molecule has 1 saturated heterocycles. The molecule has 0 radical (unpaired) electrons. The standard InChI is InChI=1S/C24H29N5OS/c1-18-11-7-8-14-21(18)25-23(30)19(2)31-24-27-26-22(17-28-15-9-4-10-16-28)29(24)20-12-5-3-6-13-20/h3,5-8,11-14,19H,4,9-10,15-17H2,1-2H3,(H,25,30). The van der Waals surface area contributed by atoms with Gasteiger partial charge in [0.05, 0.1) is 11.8 Å². The van der Waals surface area contributed by atoms with Crippen LogP contribution in [0.5, 0.6) is 0 Å². The first-order valence-corrected chi connectivity index (χ1v) is 11.7. The van der Waals surface area contributed by atoms with Gasteiger partial charge in [0, 0.05) is 11.4 Å². The van der Waals surface area contributed by atoms with Gasteiger partial charge in [-0.3, -0.25) is 14.3 Å². The maximum atomic E-state index is 12.8. The number of amides is 1. The number of anilines is 1. The molecule has 2 heterocycles. The number of rotatable bonds is 7. The minimum atomic E-state index is -0.311. The number of benzene rings is 2. The largest absolute Gasteiger partial charge is 0.325 e. The number of para-hydroxylation sites is 2. The van der Waals surface area contributed by atoms with Crippen LogP contribution in [0.25, 0.3) is 5.69 Å². The fraction of sp³-hybridized carbons (Fsp3) is 0.375. The second-order valence-corrected chi connectivity index (χ2v) is 9.28. The van der Waals surface area contributed by atoms with E-state index in [9.17, 15) is 4.79 Å². The molecule has 1 fully saturated rings. The first-order valence-electron chi connectivity index (χ1n) is 10.9. The Balaban J connectivity index is 1.54. The molecule has 1 aromatic heterocycles. The minimum absolute atomic E-state index is 0.0421. The number of thioether (sulfide) groups is 1. The van der Waals surface area contributed by atoms with Gasteiger partial charge in [-0.2, -0.15) is 0 Å². The van der Waals surface area contributed by atoms with Crippen molar-refractivity contribution in [2.24, 2.45) is 0 Å². The SMILES string of the molecule is Cc1ccccc1NC(=O)C(C)Sc1nnc(CN2CCCCC2)n1-c1ccccc1. The number of aryl methyl sites for hydroxylation is 1. The normalized spacial score (nSPS) is 15.5. The van der Waals surface area contributed by atoms with Crippen molar-refractivity contribution in [2.45, 2.75) is 50.1 Å². The van der Waals surface area contributed by atoms with Crippen LogP contribution < -0.4 is 5.32 Å². The molecule has 1 N–H and O–H groups in total. The van der Waals surface area contributed by atoms with E-state index in [4.69, 9.17) is 0 Å². The number of carbonyl (C=O) groups is 1. The van der Waals surface area contributed by atoms with Gasteiger partial charge < -0.3 is 5.32 Å². The summed E-state index contributed by atoms with van der Waals surface area (Å²) in [6.07, 6.45) is 3.77. The number of hydrogen-bond acceptors (Lipinski definition) is 5. The lowest BCUT2D eigenvalue weighted by Crippen LogP contribution is -2.30. The van der Waals surface area contributed by atoms with E-state index >= 15 is 0 Å². The van der Waals surface area contributed by atoms with Gasteiger partial charge >= 0.3 is 0 Å². The van der Waals surface area contributed by atoms with Gasteiger partial charge in [0.15, 0.2) is 11.0 Å². The fourth-order valence-corrected chi connectivity index (χ4v) is 4.68. The van der Waals surface area contributed by atoms with E-state index in [1.54, 1.807) is 0 Å². The molecule has 2 aromatic carbocycles. The lowest BCUT2D eigenvalue weighted by atomic mass is 10.1. The highest BCUT2D eigenvalue weighted by atomic mass is 32.2. The van der Waals surface area contributed by atoms with Crippen LogP contribution in [0.4, 0.5) is 5.69 Å². The average Bonchev–Trinajstić information content (AvgIpc) is 3.18. The molecule has 31 heavy (non-hydrogen) atoms. The summed E-state index contributed by atoms with van der Waals surface area (Å²) in [7, 11) is 0. The Bertz CT molecular complexity index is 1010. The zero-order valence-electron chi connectivity index (χ0n) is 18.1. The Kier molecular flexibility index (Phi) is 7.04. The molecule has 1 unspecified atom stereocenters. The van der Waals surface area contributed by atoms with Crippen molar-refractivity contribution in [3.8, 4) is 5.69 Å². The molecule has 6 nitrogen and oxygen atoms in total. The van der Waals surface area contributed by atoms with Crippen LogP contribution >= 0.6 is 11.8 Å². The molecule has 1 amide bonds. The van der Waals surface area contributed by atoms with E-state index in [-0.39, 0.29) is 11.2 Å². The Hall–Kier alpha value is -2.64. The minimum Gasteiger partial charge on any atom is -0.325 e. The van der Waals surface area contributed by atoms with Gasteiger partial charge in [-0.15, -0.1) is 10.2 Å². The molecule has 7 heteroatoms. The van der Waals surface area contributed by atoms with Gasteiger partial charge in [-0.1, -0.05) is 54.6 Å². The Morgan fingerprint density at radius 1 is 1.03 bits per heavy atom. The second-order valence-electron chi connectivity index (χ2n) is 7.97. The molecule has 0 aliphatic carbocycles. The summed E-state index contributed by atoms with van der Waals surface area (Å²) in [5, 5.41) is 12.5. The first-order chi connectivity index (χ1) is 15.1. The van der Waals surface area contributed by atoms with Crippen LogP contribution in [0.3, 0.4) is 0 Å². The summed E-state index contributed by atoms with van der Waals surface area (Å²) < 4.78 is 2.09. The lowest BCUT2D eigenvalue weighted by Gasteiger charge is -2.26. The molecule has 1 aliphatic rings. The van der Waals surface area contributed by atoms with Crippen molar-refractivity contribution in [1.82, 2.24) is 19.7 Å². The number of nitrogens with zero attached hydrogens (tertiary/aromatic N) is 4. The highest BCUT2D eigenvalue weighted by molar-refractivity contribution is 8.00. The molecule has 0 bridgehead atoms. The molecule has 1 aliphatic heterocycles. The lowest BCUT2D eigenvalue weighted by molar-refractivity contribution is -0.115. The summed E-state index contributed by atoms with van der Waals surface area (Å²) in [4.78, 5) is 15.3. The Morgan fingerprint density at radius 3 is 2.48 bits per heavy atom. The molecule has 4 rings (SSSR count). The molecule has 0 saturated carbocycles. The van der Waals surface area contributed by atoms with Crippen molar-refractivity contribution in [2.75, 3.05) is 18.4 Å². The number of nitrogens with one attached hydrogen (secondary N) is 1. The number of likely N-dealkylation sites (tertiary alicyclic amines) is 1. The number of aromatic nitrogens is 3. The summed E-state index contributed by atoms with van der Waals surface area (Å²) in [5.41, 5.74) is 2.91. The quantitative estimate of drug-likeness (QED) is 0.546. The highest BCUT2D eigenvalue weighted by Crippen LogP contribution is 2.27. The smallest absolute Gasteiger partial charge is 0.237 e. The van der Waals surface area contributed by atoms with Crippen molar-refractivity contribution in [3.05, 3.63) is 66.0 Å².